The Kier molecular flexibility index (Phi) is 5.62. The van der Waals surface area contributed by atoms with Crippen LogP contribution in [-0.4, -0.2) is 30.0 Å². The summed E-state index contributed by atoms with van der Waals surface area (Å²) in [5.74, 6) is -3.83. The van der Waals surface area contributed by atoms with E-state index in [-0.39, 0.29) is 40.5 Å². The molecule has 1 aromatic heterocycles. The van der Waals surface area contributed by atoms with E-state index in [0.29, 0.717) is 16.2 Å². The van der Waals surface area contributed by atoms with E-state index >= 15 is 0 Å². The number of thiophene rings is 1. The third-order valence-corrected chi connectivity index (χ3v) is 5.89. The van der Waals surface area contributed by atoms with E-state index in [4.69, 9.17) is 9.47 Å². The maximum absolute atomic E-state index is 14.6. The van der Waals surface area contributed by atoms with Crippen molar-refractivity contribution in [1.82, 2.24) is 0 Å². The van der Waals surface area contributed by atoms with Crippen LogP contribution in [0.15, 0.2) is 41.8 Å². The predicted molar refractivity (Wildman–Crippen MR) is 110 cm³/mol. The lowest BCUT2D eigenvalue weighted by Crippen LogP contribution is -2.43. The Morgan fingerprint density at radius 2 is 1.84 bits per heavy atom. The molecule has 0 saturated carbocycles. The highest BCUT2D eigenvalue weighted by atomic mass is 32.1. The number of anilines is 1. The van der Waals surface area contributed by atoms with Crippen LogP contribution in [0.5, 0.6) is 11.5 Å². The van der Waals surface area contributed by atoms with Gasteiger partial charge in [-0.05, 0) is 41.3 Å². The first-order chi connectivity index (χ1) is 15.3. The van der Waals surface area contributed by atoms with E-state index in [9.17, 15) is 28.3 Å². The summed E-state index contributed by atoms with van der Waals surface area (Å²) in [7, 11) is 1.44. The second kappa shape index (κ2) is 8.39. The summed E-state index contributed by atoms with van der Waals surface area (Å²) < 4.78 is 39.2. The molecule has 3 aromatic rings. The van der Waals surface area contributed by atoms with Gasteiger partial charge in [-0.15, -0.1) is 11.3 Å². The predicted octanol–water partition coefficient (Wildman–Crippen LogP) is 4.04. The molecule has 2 amide bonds. The number of imide groups is 1. The topological polar surface area (TPSA) is 93.1 Å². The SMILES string of the molecule is COc1ccc(F)c(COc2ccc(F)c(N3C(=O)Cc4csc(C(=O)O)c4C3=O)c2)c1. The van der Waals surface area contributed by atoms with Crippen LogP contribution >= 0.6 is 11.3 Å². The molecule has 1 aliphatic rings. The maximum Gasteiger partial charge on any atom is 0.346 e. The van der Waals surface area contributed by atoms with E-state index in [1.54, 1.807) is 0 Å². The van der Waals surface area contributed by atoms with Gasteiger partial charge in [-0.2, -0.15) is 0 Å². The van der Waals surface area contributed by atoms with Crippen molar-refractivity contribution in [2.45, 2.75) is 13.0 Å². The molecular weight excluding hydrogens is 444 g/mol. The van der Waals surface area contributed by atoms with Crippen molar-refractivity contribution in [3.8, 4) is 11.5 Å². The molecule has 0 aliphatic carbocycles. The molecule has 0 spiro atoms. The van der Waals surface area contributed by atoms with Crippen LogP contribution in [0.1, 0.15) is 31.2 Å². The lowest BCUT2D eigenvalue weighted by Gasteiger charge is -2.26. The van der Waals surface area contributed by atoms with Crippen molar-refractivity contribution >= 4 is 34.8 Å². The van der Waals surface area contributed by atoms with E-state index in [1.807, 2.05) is 0 Å². The summed E-state index contributed by atoms with van der Waals surface area (Å²) in [6.45, 7) is -0.214. The number of hydrogen-bond acceptors (Lipinski definition) is 6. The number of rotatable bonds is 6. The number of carboxylic acids is 1. The minimum absolute atomic E-state index is 0.0822. The molecule has 0 unspecified atom stereocenters. The average molecular weight is 459 g/mol. The lowest BCUT2D eigenvalue weighted by atomic mass is 10.0. The van der Waals surface area contributed by atoms with Gasteiger partial charge < -0.3 is 14.6 Å². The molecule has 10 heteroatoms. The Labute approximate surface area is 184 Å². The number of carbonyl (C=O) groups excluding carboxylic acids is 2. The Morgan fingerprint density at radius 1 is 1.12 bits per heavy atom. The molecule has 2 heterocycles. The largest absolute Gasteiger partial charge is 0.497 e. The normalized spacial score (nSPS) is 13.2. The highest BCUT2D eigenvalue weighted by Gasteiger charge is 2.38. The summed E-state index contributed by atoms with van der Waals surface area (Å²) >= 11 is 0.830. The van der Waals surface area contributed by atoms with Gasteiger partial charge >= 0.3 is 5.97 Å². The fourth-order valence-corrected chi connectivity index (χ4v) is 4.23. The van der Waals surface area contributed by atoms with Crippen LogP contribution < -0.4 is 14.4 Å². The molecule has 0 fully saturated rings. The highest BCUT2D eigenvalue weighted by molar-refractivity contribution is 7.12. The summed E-state index contributed by atoms with van der Waals surface area (Å²) in [4.78, 5) is 37.4. The van der Waals surface area contributed by atoms with Crippen molar-refractivity contribution < 1.29 is 37.7 Å². The summed E-state index contributed by atoms with van der Waals surface area (Å²) in [6, 6.07) is 7.54. The Hall–Kier alpha value is -3.79. The van der Waals surface area contributed by atoms with Crippen LogP contribution in [0.25, 0.3) is 0 Å². The molecule has 0 atom stereocenters. The van der Waals surface area contributed by atoms with Crippen LogP contribution in [0, 0.1) is 11.6 Å². The number of carbonyl (C=O) groups is 3. The molecule has 2 aromatic carbocycles. The second-order valence-corrected chi connectivity index (χ2v) is 7.72. The van der Waals surface area contributed by atoms with Crippen LogP contribution in [0.2, 0.25) is 0 Å². The average Bonchev–Trinajstić information content (AvgIpc) is 3.19. The molecule has 1 aliphatic heterocycles. The van der Waals surface area contributed by atoms with Gasteiger partial charge in [0.05, 0.1) is 24.8 Å². The minimum Gasteiger partial charge on any atom is -0.497 e. The molecular formula is C22H15F2NO6S. The quantitative estimate of drug-likeness (QED) is 0.560. The van der Waals surface area contributed by atoms with Crippen LogP contribution in [0.4, 0.5) is 14.5 Å². The number of fused-ring (bicyclic) bond motifs is 1. The lowest BCUT2D eigenvalue weighted by molar-refractivity contribution is -0.117. The zero-order valence-electron chi connectivity index (χ0n) is 16.6. The third kappa shape index (κ3) is 3.80. The molecule has 0 saturated heterocycles. The molecule has 0 radical (unpaired) electrons. The summed E-state index contributed by atoms with van der Waals surface area (Å²) in [5.41, 5.74) is -0.0302. The third-order valence-electron chi connectivity index (χ3n) is 4.88. The molecule has 164 valence electrons. The van der Waals surface area contributed by atoms with Gasteiger partial charge in [-0.3, -0.25) is 9.59 Å². The number of benzene rings is 2. The first kappa shape index (κ1) is 21.4. The minimum atomic E-state index is -1.31. The first-order valence-corrected chi connectivity index (χ1v) is 10.1. The van der Waals surface area contributed by atoms with Gasteiger partial charge in [-0.1, -0.05) is 0 Å². The highest BCUT2D eigenvalue weighted by Crippen LogP contribution is 2.34. The number of hydrogen-bond donors (Lipinski definition) is 1. The van der Waals surface area contributed by atoms with Gasteiger partial charge in [0, 0.05) is 11.6 Å². The van der Waals surface area contributed by atoms with E-state index in [1.165, 1.54) is 36.8 Å². The van der Waals surface area contributed by atoms with Gasteiger partial charge in [0.2, 0.25) is 5.91 Å². The standard InChI is InChI=1S/C22H15F2NO6S/c1-30-13-2-4-15(23)11(6-13)9-31-14-3-5-16(24)17(8-14)25-18(26)7-12-10-32-20(22(28)29)19(12)21(25)27/h2-6,8,10H,7,9H2,1H3,(H,28,29). The van der Waals surface area contributed by atoms with Crippen LogP contribution in [-0.2, 0) is 17.8 Å². The van der Waals surface area contributed by atoms with Crippen molar-refractivity contribution in [3.05, 3.63) is 75.0 Å². The fourth-order valence-electron chi connectivity index (χ4n) is 3.33. The molecule has 7 nitrogen and oxygen atoms in total. The van der Waals surface area contributed by atoms with E-state index < -0.39 is 29.4 Å². The van der Waals surface area contributed by atoms with Gasteiger partial charge in [0.25, 0.3) is 5.91 Å². The molecule has 1 N–H and O–H groups in total. The smallest absolute Gasteiger partial charge is 0.346 e. The van der Waals surface area contributed by atoms with E-state index in [0.717, 1.165) is 23.5 Å². The number of methoxy groups -OCH3 is 1. The van der Waals surface area contributed by atoms with Crippen molar-refractivity contribution in [2.24, 2.45) is 0 Å². The maximum atomic E-state index is 14.6. The number of carboxylic acid groups (broad SMARTS) is 1. The number of amides is 2. The van der Waals surface area contributed by atoms with Gasteiger partial charge in [0.1, 0.15) is 34.6 Å². The van der Waals surface area contributed by atoms with Crippen LogP contribution in [0.3, 0.4) is 0 Å². The summed E-state index contributed by atoms with van der Waals surface area (Å²) in [5, 5.41) is 10.8. The van der Waals surface area contributed by atoms with Gasteiger partial charge in [-0.25, -0.2) is 18.5 Å². The second-order valence-electron chi connectivity index (χ2n) is 6.84. The number of aromatic carboxylic acids is 1. The van der Waals surface area contributed by atoms with Crippen molar-refractivity contribution in [1.29, 1.82) is 0 Å². The monoisotopic (exact) mass is 459 g/mol. The number of halogens is 2. The fraction of sp³-hybridized carbons (Fsp3) is 0.136. The van der Waals surface area contributed by atoms with Crippen molar-refractivity contribution in [2.75, 3.05) is 12.0 Å². The van der Waals surface area contributed by atoms with Crippen molar-refractivity contribution in [3.63, 3.8) is 0 Å². The molecule has 0 bridgehead atoms. The Bertz CT molecular complexity index is 1260. The zero-order chi connectivity index (χ0) is 23.0. The number of nitrogens with zero attached hydrogens (tertiary/aromatic N) is 1. The Morgan fingerprint density at radius 3 is 2.56 bits per heavy atom. The number of ether oxygens (including phenoxy) is 2. The zero-order valence-corrected chi connectivity index (χ0v) is 17.4. The molecule has 32 heavy (non-hydrogen) atoms. The van der Waals surface area contributed by atoms with E-state index in [2.05, 4.69) is 0 Å². The first-order valence-electron chi connectivity index (χ1n) is 9.26. The summed E-state index contributed by atoms with van der Waals surface area (Å²) in [6.07, 6.45) is -0.246. The Balaban J connectivity index is 1.64. The van der Waals surface area contributed by atoms with Gasteiger partial charge in [0.15, 0.2) is 0 Å². The molecule has 4 rings (SSSR count).